The molecule has 190 valence electrons. The Kier molecular flexibility index (Phi) is 8.60. The lowest BCUT2D eigenvalue weighted by Crippen LogP contribution is -2.46. The summed E-state index contributed by atoms with van der Waals surface area (Å²) in [5.74, 6) is -1.07. The van der Waals surface area contributed by atoms with Crippen LogP contribution in [0.25, 0.3) is 0 Å². The quantitative estimate of drug-likeness (QED) is 0.639. The van der Waals surface area contributed by atoms with Gasteiger partial charge in [-0.3, -0.25) is 19.1 Å². The van der Waals surface area contributed by atoms with Gasteiger partial charge in [0.2, 0.25) is 11.8 Å². The molecule has 0 bridgehead atoms. The predicted molar refractivity (Wildman–Crippen MR) is 120 cm³/mol. The summed E-state index contributed by atoms with van der Waals surface area (Å²) < 4.78 is 45.0. The van der Waals surface area contributed by atoms with Crippen molar-refractivity contribution < 1.29 is 32.3 Å². The van der Waals surface area contributed by atoms with Crippen LogP contribution < -0.4 is 15.4 Å². The second kappa shape index (κ2) is 11.4. The third-order valence-electron chi connectivity index (χ3n) is 5.14. The molecule has 0 unspecified atom stereocenters. The minimum absolute atomic E-state index is 0.0507. The number of ether oxygens (including phenoxy) is 1. The summed E-state index contributed by atoms with van der Waals surface area (Å²) in [6.45, 7) is 1.48. The van der Waals surface area contributed by atoms with Crippen molar-refractivity contribution in [1.29, 1.82) is 0 Å². The van der Waals surface area contributed by atoms with Gasteiger partial charge in [-0.1, -0.05) is 11.6 Å². The molecule has 0 saturated heterocycles. The van der Waals surface area contributed by atoms with Crippen molar-refractivity contribution >= 4 is 29.3 Å². The smallest absolute Gasteiger partial charge is 0.435 e. The number of benzene rings is 1. The van der Waals surface area contributed by atoms with Gasteiger partial charge in [-0.2, -0.15) is 18.3 Å². The molecule has 13 heteroatoms. The highest BCUT2D eigenvalue weighted by atomic mass is 35.5. The van der Waals surface area contributed by atoms with E-state index < -0.39 is 36.3 Å². The molecule has 2 heterocycles. The number of rotatable bonds is 2. The standard InChI is InChI=1S/C22H25ClF3N5O4/c1-14-13-35-17-5-4-15(23)10-16(17)21(34)27-7-2-3-8-30(11-19(32)28-14)20(33)12-31-9-6-18(29-31)22(24,25)26/h4-6,9-10,14H,2-3,7-8,11-13H2,1H3,(H,27,34)(H,28,32)/t14-/m1/s1. The van der Waals surface area contributed by atoms with Gasteiger partial charge < -0.3 is 20.3 Å². The van der Waals surface area contributed by atoms with E-state index in [-0.39, 0.29) is 31.2 Å². The van der Waals surface area contributed by atoms with E-state index in [1.807, 2.05) is 0 Å². The van der Waals surface area contributed by atoms with Crippen LogP contribution in [0.1, 0.15) is 35.8 Å². The van der Waals surface area contributed by atoms with Crippen molar-refractivity contribution in [1.82, 2.24) is 25.3 Å². The van der Waals surface area contributed by atoms with Gasteiger partial charge in [0.05, 0.1) is 18.2 Å². The zero-order valence-corrected chi connectivity index (χ0v) is 19.7. The maximum Gasteiger partial charge on any atom is 0.435 e. The lowest BCUT2D eigenvalue weighted by atomic mass is 10.2. The molecule has 9 nitrogen and oxygen atoms in total. The molecule has 1 aliphatic heterocycles. The SMILES string of the molecule is C[C@@H]1COc2ccc(Cl)cc2C(=O)NCCCCN(C(=O)Cn2ccc(C(F)(F)F)n2)CC(=O)N1. The average molecular weight is 516 g/mol. The van der Waals surface area contributed by atoms with Crippen molar-refractivity contribution in [2.24, 2.45) is 0 Å². The summed E-state index contributed by atoms with van der Waals surface area (Å²) in [7, 11) is 0. The molecular weight excluding hydrogens is 491 g/mol. The Morgan fingerprint density at radius 3 is 2.74 bits per heavy atom. The first-order chi connectivity index (χ1) is 16.5. The Balaban J connectivity index is 1.70. The lowest BCUT2D eigenvalue weighted by molar-refractivity contribution is -0.142. The molecule has 1 aromatic heterocycles. The van der Waals surface area contributed by atoms with E-state index in [0.29, 0.717) is 30.2 Å². The number of aromatic nitrogens is 2. The zero-order chi connectivity index (χ0) is 25.6. The number of nitrogens with one attached hydrogen (secondary N) is 2. The fourth-order valence-electron chi connectivity index (χ4n) is 3.41. The lowest BCUT2D eigenvalue weighted by Gasteiger charge is -2.23. The summed E-state index contributed by atoms with van der Waals surface area (Å²) in [6, 6.07) is 4.97. The van der Waals surface area contributed by atoms with Crippen LogP contribution in [-0.4, -0.2) is 64.7 Å². The molecule has 0 aliphatic carbocycles. The Morgan fingerprint density at radius 1 is 1.26 bits per heavy atom. The fourth-order valence-corrected chi connectivity index (χ4v) is 3.58. The molecule has 3 amide bonds. The normalized spacial score (nSPS) is 18.4. The third-order valence-corrected chi connectivity index (χ3v) is 5.37. The fraction of sp³-hybridized carbons (Fsp3) is 0.455. The van der Waals surface area contributed by atoms with Crippen LogP contribution in [0.15, 0.2) is 30.5 Å². The van der Waals surface area contributed by atoms with Crippen LogP contribution in [-0.2, 0) is 22.3 Å². The Hall–Kier alpha value is -3.28. The van der Waals surface area contributed by atoms with Gasteiger partial charge in [-0.25, -0.2) is 0 Å². The Morgan fingerprint density at radius 2 is 2.03 bits per heavy atom. The molecule has 1 aromatic carbocycles. The highest BCUT2D eigenvalue weighted by molar-refractivity contribution is 6.31. The molecule has 0 radical (unpaired) electrons. The van der Waals surface area contributed by atoms with Gasteiger partial charge in [0.15, 0.2) is 5.69 Å². The van der Waals surface area contributed by atoms with Gasteiger partial charge in [0, 0.05) is 24.3 Å². The second-order valence-corrected chi connectivity index (χ2v) is 8.53. The van der Waals surface area contributed by atoms with Crippen LogP contribution in [0.3, 0.4) is 0 Å². The average Bonchev–Trinajstić information content (AvgIpc) is 3.25. The molecule has 2 N–H and O–H groups in total. The van der Waals surface area contributed by atoms with Gasteiger partial charge in [-0.05, 0) is 44.0 Å². The van der Waals surface area contributed by atoms with Crippen LogP contribution in [0, 0.1) is 0 Å². The molecular formula is C22H25ClF3N5O4. The molecule has 2 aromatic rings. The van der Waals surface area contributed by atoms with E-state index in [4.69, 9.17) is 16.3 Å². The number of carbonyl (C=O) groups excluding carboxylic acids is 3. The van der Waals surface area contributed by atoms with E-state index in [2.05, 4.69) is 15.7 Å². The van der Waals surface area contributed by atoms with Gasteiger partial charge in [-0.15, -0.1) is 0 Å². The first-order valence-corrected chi connectivity index (χ1v) is 11.3. The molecule has 0 saturated carbocycles. The molecule has 35 heavy (non-hydrogen) atoms. The summed E-state index contributed by atoms with van der Waals surface area (Å²) in [5, 5.41) is 9.25. The van der Waals surface area contributed by atoms with Crippen molar-refractivity contribution in [3.63, 3.8) is 0 Å². The number of fused-ring (bicyclic) bond motifs is 1. The molecule has 0 fully saturated rings. The highest BCUT2D eigenvalue weighted by Gasteiger charge is 2.33. The number of amides is 3. The topological polar surface area (TPSA) is 106 Å². The summed E-state index contributed by atoms with van der Waals surface area (Å²) >= 11 is 6.02. The van der Waals surface area contributed by atoms with Crippen molar-refractivity contribution in [2.45, 2.75) is 38.5 Å². The van der Waals surface area contributed by atoms with E-state index >= 15 is 0 Å². The first-order valence-electron chi connectivity index (χ1n) is 10.9. The van der Waals surface area contributed by atoms with E-state index in [1.54, 1.807) is 19.1 Å². The van der Waals surface area contributed by atoms with Crippen LogP contribution in [0.2, 0.25) is 5.02 Å². The Labute approximate surface area is 204 Å². The maximum absolute atomic E-state index is 12.8. The predicted octanol–water partition coefficient (Wildman–Crippen LogP) is 2.49. The first kappa shape index (κ1) is 26.3. The van der Waals surface area contributed by atoms with Crippen LogP contribution in [0.5, 0.6) is 5.75 Å². The van der Waals surface area contributed by atoms with E-state index in [1.165, 1.54) is 11.0 Å². The van der Waals surface area contributed by atoms with Crippen molar-refractivity contribution in [3.8, 4) is 5.75 Å². The van der Waals surface area contributed by atoms with Crippen molar-refractivity contribution in [3.05, 3.63) is 46.7 Å². The number of halogens is 4. The number of nitrogens with zero attached hydrogens (tertiary/aromatic N) is 3. The van der Waals surface area contributed by atoms with Gasteiger partial charge in [0.1, 0.15) is 18.9 Å². The Bertz CT molecular complexity index is 1080. The maximum atomic E-state index is 12.8. The molecule has 3 rings (SSSR count). The minimum Gasteiger partial charge on any atom is -0.491 e. The number of hydrogen-bond donors (Lipinski definition) is 2. The second-order valence-electron chi connectivity index (χ2n) is 8.09. The minimum atomic E-state index is -4.62. The molecule has 0 spiro atoms. The van der Waals surface area contributed by atoms with Gasteiger partial charge in [0.25, 0.3) is 5.91 Å². The highest BCUT2D eigenvalue weighted by Crippen LogP contribution is 2.27. The molecule has 1 atom stereocenters. The van der Waals surface area contributed by atoms with E-state index in [9.17, 15) is 27.6 Å². The third kappa shape index (κ3) is 7.61. The zero-order valence-electron chi connectivity index (χ0n) is 18.9. The monoisotopic (exact) mass is 515 g/mol. The van der Waals surface area contributed by atoms with Crippen molar-refractivity contribution in [2.75, 3.05) is 26.2 Å². The largest absolute Gasteiger partial charge is 0.491 e. The summed E-state index contributed by atoms with van der Waals surface area (Å²) in [6.07, 6.45) is -2.62. The summed E-state index contributed by atoms with van der Waals surface area (Å²) in [5.41, 5.74) is -0.841. The molecule has 1 aliphatic rings. The number of alkyl halides is 3. The van der Waals surface area contributed by atoms with Gasteiger partial charge >= 0.3 is 6.18 Å². The number of hydrogen-bond acceptors (Lipinski definition) is 5. The van der Waals surface area contributed by atoms with Crippen LogP contribution >= 0.6 is 11.6 Å². The van der Waals surface area contributed by atoms with E-state index in [0.717, 1.165) is 16.9 Å². The number of carbonyl (C=O) groups is 3. The van der Waals surface area contributed by atoms with Crippen LogP contribution in [0.4, 0.5) is 13.2 Å². The summed E-state index contributed by atoms with van der Waals surface area (Å²) in [4.78, 5) is 39.2.